The van der Waals surface area contributed by atoms with Crippen molar-refractivity contribution in [3.63, 3.8) is 0 Å². The number of aliphatic hydroxyl groups is 1. The van der Waals surface area contributed by atoms with Crippen LogP contribution in [0.15, 0.2) is 0 Å². The third kappa shape index (κ3) is 10.5. The molecule has 0 aromatic heterocycles. The van der Waals surface area contributed by atoms with Crippen LogP contribution in [0.5, 0.6) is 0 Å². The Morgan fingerprint density at radius 1 is 0.906 bits per heavy atom. The van der Waals surface area contributed by atoms with Crippen LogP contribution in [0.4, 0.5) is 0 Å². The third-order valence-corrected chi connectivity index (χ3v) is 4.96. The summed E-state index contributed by atoms with van der Waals surface area (Å²) >= 11 is 0. The van der Waals surface area contributed by atoms with Gasteiger partial charge in [-0.25, -0.2) is 4.79 Å². The van der Waals surface area contributed by atoms with Crippen molar-refractivity contribution >= 4 is 29.6 Å². The molecule has 0 radical (unpaired) electrons. The van der Waals surface area contributed by atoms with Gasteiger partial charge >= 0.3 is 5.97 Å². The number of amides is 4. The van der Waals surface area contributed by atoms with E-state index in [1.54, 1.807) is 27.7 Å². The number of primary amides is 1. The summed E-state index contributed by atoms with van der Waals surface area (Å²) in [4.78, 5) is 60.4. The van der Waals surface area contributed by atoms with E-state index in [0.717, 1.165) is 0 Å². The van der Waals surface area contributed by atoms with E-state index in [-0.39, 0.29) is 31.1 Å². The minimum Gasteiger partial charge on any atom is -0.480 e. The number of carboxylic acid groups (broad SMARTS) is 1. The molecule has 12 nitrogen and oxygen atoms in total. The number of carboxylic acids is 1. The lowest BCUT2D eigenvalue weighted by atomic mass is 9.97. The second kappa shape index (κ2) is 14.4. The number of carbonyl (C=O) groups excluding carboxylic acids is 4. The number of aliphatic hydroxyl groups excluding tert-OH is 1. The second-order valence-electron chi connectivity index (χ2n) is 8.26. The van der Waals surface area contributed by atoms with Gasteiger partial charge in [0, 0.05) is 6.42 Å². The molecule has 9 N–H and O–H groups in total. The number of aliphatic carboxylic acids is 1. The zero-order chi connectivity index (χ0) is 25.0. The van der Waals surface area contributed by atoms with Crippen LogP contribution in [0, 0.1) is 11.8 Å². The van der Waals surface area contributed by atoms with Gasteiger partial charge in [0.15, 0.2) is 0 Å². The highest BCUT2D eigenvalue weighted by atomic mass is 16.4. The summed E-state index contributed by atoms with van der Waals surface area (Å²) in [6.45, 7) is 6.48. The molecule has 12 heteroatoms. The highest BCUT2D eigenvalue weighted by molar-refractivity contribution is 5.94. The molecule has 0 aromatic carbocycles. The Balaban J connectivity index is 5.59. The molecule has 4 amide bonds. The molecular formula is C20H37N5O7. The van der Waals surface area contributed by atoms with Gasteiger partial charge < -0.3 is 37.6 Å². The maximum absolute atomic E-state index is 12.9. The Morgan fingerprint density at radius 3 is 1.91 bits per heavy atom. The predicted octanol–water partition coefficient (Wildman–Crippen LogP) is -1.80. The van der Waals surface area contributed by atoms with E-state index in [1.165, 1.54) is 0 Å². The quantitative estimate of drug-likeness (QED) is 0.148. The monoisotopic (exact) mass is 459 g/mol. The van der Waals surface area contributed by atoms with Gasteiger partial charge in [-0.2, -0.15) is 0 Å². The molecular weight excluding hydrogens is 422 g/mol. The lowest BCUT2D eigenvalue weighted by Gasteiger charge is -2.28. The van der Waals surface area contributed by atoms with E-state index in [4.69, 9.17) is 16.6 Å². The minimum atomic E-state index is -1.25. The molecule has 0 aliphatic heterocycles. The van der Waals surface area contributed by atoms with E-state index < -0.39 is 60.4 Å². The van der Waals surface area contributed by atoms with Crippen molar-refractivity contribution in [3.8, 4) is 0 Å². The standard InChI is InChI=1S/C20H37N5O7/c1-5-11(4)16(25-17(28)12(21)9-26)19(30)23-13(6-7-15(22)27)18(29)24-14(20(31)32)8-10(2)3/h10-14,16,26H,5-9,21H2,1-4H3,(H2,22,27)(H,23,30)(H,24,29)(H,25,28)(H,31,32). The molecule has 0 rings (SSSR count). The first-order valence-electron chi connectivity index (χ1n) is 10.6. The van der Waals surface area contributed by atoms with Crippen molar-refractivity contribution in [3.05, 3.63) is 0 Å². The zero-order valence-electron chi connectivity index (χ0n) is 19.1. The summed E-state index contributed by atoms with van der Waals surface area (Å²) in [5, 5.41) is 25.7. The Hall–Kier alpha value is -2.73. The molecule has 32 heavy (non-hydrogen) atoms. The van der Waals surface area contributed by atoms with Gasteiger partial charge in [-0.3, -0.25) is 19.2 Å². The third-order valence-electron chi connectivity index (χ3n) is 4.96. The molecule has 0 fully saturated rings. The van der Waals surface area contributed by atoms with E-state index >= 15 is 0 Å². The van der Waals surface area contributed by atoms with E-state index in [9.17, 15) is 29.1 Å². The molecule has 0 saturated carbocycles. The summed E-state index contributed by atoms with van der Waals surface area (Å²) < 4.78 is 0. The van der Waals surface area contributed by atoms with Crippen molar-refractivity contribution in [2.45, 2.75) is 77.5 Å². The van der Waals surface area contributed by atoms with Crippen molar-refractivity contribution < 1.29 is 34.2 Å². The topological polar surface area (TPSA) is 214 Å². The van der Waals surface area contributed by atoms with Crippen LogP contribution in [-0.4, -0.2) is 70.6 Å². The number of hydrogen-bond donors (Lipinski definition) is 7. The zero-order valence-corrected chi connectivity index (χ0v) is 19.1. The van der Waals surface area contributed by atoms with Crippen LogP contribution in [0.1, 0.15) is 53.4 Å². The van der Waals surface area contributed by atoms with Gasteiger partial charge in [0.1, 0.15) is 24.2 Å². The van der Waals surface area contributed by atoms with E-state index in [2.05, 4.69) is 16.0 Å². The van der Waals surface area contributed by atoms with Crippen LogP contribution in [0.3, 0.4) is 0 Å². The van der Waals surface area contributed by atoms with Gasteiger partial charge in [0.05, 0.1) is 6.61 Å². The van der Waals surface area contributed by atoms with Crippen LogP contribution >= 0.6 is 0 Å². The molecule has 5 unspecified atom stereocenters. The molecule has 0 saturated heterocycles. The normalized spacial score (nSPS) is 15.7. The SMILES string of the molecule is CCC(C)C(NC(=O)C(N)CO)C(=O)NC(CCC(N)=O)C(=O)NC(CC(C)C)C(=O)O. The summed E-state index contributed by atoms with van der Waals surface area (Å²) in [5.41, 5.74) is 10.7. The maximum Gasteiger partial charge on any atom is 0.326 e. The van der Waals surface area contributed by atoms with Gasteiger partial charge in [-0.1, -0.05) is 34.1 Å². The number of rotatable bonds is 15. The first-order valence-corrected chi connectivity index (χ1v) is 10.6. The number of nitrogens with two attached hydrogens (primary N) is 2. The van der Waals surface area contributed by atoms with Crippen molar-refractivity contribution in [1.29, 1.82) is 0 Å². The van der Waals surface area contributed by atoms with Crippen LogP contribution in [-0.2, 0) is 24.0 Å². The van der Waals surface area contributed by atoms with Gasteiger partial charge in [0.25, 0.3) is 0 Å². The number of carbonyl (C=O) groups is 5. The summed E-state index contributed by atoms with van der Waals surface area (Å²) in [6.07, 6.45) is 0.288. The smallest absolute Gasteiger partial charge is 0.326 e. The molecule has 0 aliphatic rings. The highest BCUT2D eigenvalue weighted by Gasteiger charge is 2.32. The Labute approximate surface area is 187 Å². The fourth-order valence-electron chi connectivity index (χ4n) is 2.83. The minimum absolute atomic E-state index is 0.0178. The highest BCUT2D eigenvalue weighted by Crippen LogP contribution is 2.11. The van der Waals surface area contributed by atoms with Crippen molar-refractivity contribution in [2.24, 2.45) is 23.3 Å². The van der Waals surface area contributed by atoms with Crippen molar-refractivity contribution in [1.82, 2.24) is 16.0 Å². The molecule has 0 heterocycles. The number of hydrogen-bond acceptors (Lipinski definition) is 7. The molecule has 0 spiro atoms. The lowest BCUT2D eigenvalue weighted by molar-refractivity contribution is -0.143. The van der Waals surface area contributed by atoms with Crippen LogP contribution in [0.25, 0.3) is 0 Å². The molecule has 5 atom stereocenters. The summed E-state index contributed by atoms with van der Waals surface area (Å²) in [5.74, 6) is -4.53. The van der Waals surface area contributed by atoms with Gasteiger partial charge in [-0.05, 0) is 24.7 Å². The molecule has 0 bridgehead atoms. The Bertz CT molecular complexity index is 671. The molecule has 184 valence electrons. The Kier molecular flexibility index (Phi) is 13.1. The summed E-state index contributed by atoms with van der Waals surface area (Å²) in [6, 6.07) is -4.72. The summed E-state index contributed by atoms with van der Waals surface area (Å²) in [7, 11) is 0. The average Bonchev–Trinajstić information content (AvgIpc) is 2.71. The Morgan fingerprint density at radius 2 is 1.47 bits per heavy atom. The van der Waals surface area contributed by atoms with Gasteiger partial charge in [0.2, 0.25) is 23.6 Å². The first-order chi connectivity index (χ1) is 14.8. The first kappa shape index (κ1) is 29.3. The predicted molar refractivity (Wildman–Crippen MR) is 116 cm³/mol. The van der Waals surface area contributed by atoms with Crippen LogP contribution in [0.2, 0.25) is 0 Å². The van der Waals surface area contributed by atoms with Crippen LogP contribution < -0.4 is 27.4 Å². The second-order valence-corrected chi connectivity index (χ2v) is 8.26. The largest absolute Gasteiger partial charge is 0.480 e. The number of nitrogens with one attached hydrogen (secondary N) is 3. The molecule has 0 aromatic rings. The fourth-order valence-corrected chi connectivity index (χ4v) is 2.83. The average molecular weight is 460 g/mol. The van der Waals surface area contributed by atoms with Gasteiger partial charge in [-0.15, -0.1) is 0 Å². The molecule has 0 aliphatic carbocycles. The maximum atomic E-state index is 12.9. The lowest BCUT2D eigenvalue weighted by Crippen LogP contribution is -2.59. The van der Waals surface area contributed by atoms with E-state index in [0.29, 0.717) is 6.42 Å². The van der Waals surface area contributed by atoms with E-state index in [1.807, 2.05) is 0 Å². The van der Waals surface area contributed by atoms with Crippen molar-refractivity contribution in [2.75, 3.05) is 6.61 Å². The fraction of sp³-hybridized carbons (Fsp3) is 0.750.